The van der Waals surface area contributed by atoms with Crippen LogP contribution in [0.4, 0.5) is 0 Å². The number of carbonyl (C=O) groups excluding carboxylic acids is 2. The molecule has 1 saturated heterocycles. The molecule has 1 aromatic heterocycles. The normalized spacial score (nSPS) is 18.0. The molecule has 7 heteroatoms. The van der Waals surface area contributed by atoms with Gasteiger partial charge in [-0.05, 0) is 26.9 Å². The second-order valence-corrected chi connectivity index (χ2v) is 6.91. The minimum atomic E-state index is -0.0840. The summed E-state index contributed by atoms with van der Waals surface area (Å²) in [7, 11) is 3.98. The molecule has 2 rings (SSSR count). The van der Waals surface area contributed by atoms with Gasteiger partial charge in [-0.15, -0.1) is 0 Å². The smallest absolute Gasteiger partial charge is 0.224 e. The van der Waals surface area contributed by atoms with Gasteiger partial charge in [0.2, 0.25) is 11.8 Å². The molecule has 0 aliphatic carbocycles. The minimum Gasteiger partial charge on any atom is -0.356 e. The molecule has 2 heterocycles. The number of hydrogen-bond acceptors (Lipinski definition) is 4. The summed E-state index contributed by atoms with van der Waals surface area (Å²) in [4.78, 5) is 32.6. The number of nitrogens with zero attached hydrogens (tertiary/aromatic N) is 4. The van der Waals surface area contributed by atoms with Gasteiger partial charge in [0, 0.05) is 58.0 Å². The van der Waals surface area contributed by atoms with E-state index in [2.05, 4.69) is 26.7 Å². The lowest BCUT2D eigenvalue weighted by Gasteiger charge is -2.32. The number of likely N-dealkylation sites (tertiary alicyclic amines) is 1. The predicted octanol–water partition coefficient (Wildman–Crippen LogP) is 0.752. The number of aromatic nitrogens is 2. The van der Waals surface area contributed by atoms with Crippen LogP contribution in [0.15, 0.2) is 12.4 Å². The van der Waals surface area contributed by atoms with Gasteiger partial charge < -0.3 is 19.7 Å². The Balaban J connectivity index is 1.72. The first-order valence-corrected chi connectivity index (χ1v) is 9.21. The van der Waals surface area contributed by atoms with E-state index in [0.29, 0.717) is 32.5 Å². The van der Waals surface area contributed by atoms with Gasteiger partial charge in [0.25, 0.3) is 0 Å². The van der Waals surface area contributed by atoms with Gasteiger partial charge in [-0.3, -0.25) is 9.59 Å². The van der Waals surface area contributed by atoms with Crippen molar-refractivity contribution in [3.63, 3.8) is 0 Å². The van der Waals surface area contributed by atoms with Crippen LogP contribution in [0.25, 0.3) is 0 Å². The standard InChI is InChI=1S/C18H31N5O2/c1-4-16-19-9-11-22(16)10-5-8-20-18(25)15-6-7-17(24)23(14-15)13-12-21(2)3/h9,11,15H,4-8,10,12-14H2,1-3H3,(H,20,25). The summed E-state index contributed by atoms with van der Waals surface area (Å²) in [6.07, 6.45) is 6.73. The first-order valence-electron chi connectivity index (χ1n) is 9.21. The highest BCUT2D eigenvalue weighted by molar-refractivity contribution is 5.83. The van der Waals surface area contributed by atoms with Crippen molar-refractivity contribution in [2.45, 2.75) is 39.2 Å². The van der Waals surface area contributed by atoms with Crippen LogP contribution < -0.4 is 5.32 Å². The fraction of sp³-hybridized carbons (Fsp3) is 0.722. The highest BCUT2D eigenvalue weighted by atomic mass is 16.2. The van der Waals surface area contributed by atoms with Crippen LogP contribution in [0.3, 0.4) is 0 Å². The monoisotopic (exact) mass is 349 g/mol. The number of rotatable bonds is 9. The maximum absolute atomic E-state index is 12.4. The van der Waals surface area contributed by atoms with E-state index in [1.54, 1.807) is 0 Å². The van der Waals surface area contributed by atoms with E-state index in [1.165, 1.54) is 0 Å². The molecule has 0 spiro atoms. The number of amides is 2. The second kappa shape index (κ2) is 9.56. The lowest BCUT2D eigenvalue weighted by molar-refractivity contribution is -0.138. The molecule has 1 aliphatic heterocycles. The summed E-state index contributed by atoms with van der Waals surface area (Å²) in [5.74, 6) is 1.23. The number of piperidine rings is 1. The molecule has 1 fully saturated rings. The topological polar surface area (TPSA) is 70.5 Å². The maximum atomic E-state index is 12.4. The van der Waals surface area contributed by atoms with Crippen molar-refractivity contribution in [3.05, 3.63) is 18.2 Å². The fourth-order valence-electron chi connectivity index (χ4n) is 3.13. The van der Waals surface area contributed by atoms with Crippen LogP contribution in [0.5, 0.6) is 0 Å². The van der Waals surface area contributed by atoms with Crippen molar-refractivity contribution in [3.8, 4) is 0 Å². The first kappa shape index (κ1) is 19.4. The molecule has 1 atom stereocenters. The molecule has 0 radical (unpaired) electrons. The van der Waals surface area contributed by atoms with Gasteiger partial charge in [0.1, 0.15) is 5.82 Å². The number of nitrogens with one attached hydrogen (secondary N) is 1. The lowest BCUT2D eigenvalue weighted by atomic mass is 9.96. The van der Waals surface area contributed by atoms with Crippen molar-refractivity contribution < 1.29 is 9.59 Å². The Bertz CT molecular complexity index is 570. The molecule has 1 N–H and O–H groups in total. The summed E-state index contributed by atoms with van der Waals surface area (Å²) >= 11 is 0. The van der Waals surface area contributed by atoms with Gasteiger partial charge in [-0.1, -0.05) is 6.92 Å². The van der Waals surface area contributed by atoms with E-state index in [-0.39, 0.29) is 17.7 Å². The Morgan fingerprint density at radius 2 is 2.20 bits per heavy atom. The number of likely N-dealkylation sites (N-methyl/N-ethyl adjacent to an activating group) is 1. The van der Waals surface area contributed by atoms with Crippen molar-refractivity contribution >= 4 is 11.8 Å². The third-order valence-corrected chi connectivity index (χ3v) is 4.68. The highest BCUT2D eigenvalue weighted by Gasteiger charge is 2.29. The minimum absolute atomic E-state index is 0.0729. The molecule has 1 aliphatic rings. The van der Waals surface area contributed by atoms with Gasteiger partial charge in [0.15, 0.2) is 0 Å². The fourth-order valence-corrected chi connectivity index (χ4v) is 3.13. The second-order valence-electron chi connectivity index (χ2n) is 6.91. The summed E-state index contributed by atoms with van der Waals surface area (Å²) in [6, 6.07) is 0. The molecule has 25 heavy (non-hydrogen) atoms. The third-order valence-electron chi connectivity index (χ3n) is 4.68. The largest absolute Gasteiger partial charge is 0.356 e. The summed E-state index contributed by atoms with van der Waals surface area (Å²) in [5, 5.41) is 3.03. The number of aryl methyl sites for hydroxylation is 2. The lowest BCUT2D eigenvalue weighted by Crippen LogP contribution is -2.47. The molecular formula is C18H31N5O2. The molecule has 140 valence electrons. The molecule has 0 aromatic carbocycles. The molecule has 7 nitrogen and oxygen atoms in total. The van der Waals surface area contributed by atoms with E-state index in [0.717, 1.165) is 31.8 Å². The quantitative estimate of drug-likeness (QED) is 0.668. The van der Waals surface area contributed by atoms with E-state index < -0.39 is 0 Å². The van der Waals surface area contributed by atoms with Crippen molar-refractivity contribution in [1.29, 1.82) is 0 Å². The van der Waals surface area contributed by atoms with E-state index >= 15 is 0 Å². The van der Waals surface area contributed by atoms with Crippen LogP contribution >= 0.6 is 0 Å². The van der Waals surface area contributed by atoms with Crippen LogP contribution in [0.2, 0.25) is 0 Å². The number of carbonyl (C=O) groups is 2. The van der Waals surface area contributed by atoms with Crippen molar-refractivity contribution in [1.82, 2.24) is 24.7 Å². The zero-order valence-electron chi connectivity index (χ0n) is 15.7. The van der Waals surface area contributed by atoms with E-state index in [4.69, 9.17) is 0 Å². The molecule has 1 aromatic rings. The Kier molecular flexibility index (Phi) is 7.43. The average molecular weight is 349 g/mol. The Labute approximate surface area is 150 Å². The highest BCUT2D eigenvalue weighted by Crippen LogP contribution is 2.17. The predicted molar refractivity (Wildman–Crippen MR) is 97.1 cm³/mol. The summed E-state index contributed by atoms with van der Waals surface area (Å²) in [5.41, 5.74) is 0. The average Bonchev–Trinajstić information content (AvgIpc) is 3.05. The Morgan fingerprint density at radius 1 is 1.40 bits per heavy atom. The van der Waals surface area contributed by atoms with Gasteiger partial charge in [-0.25, -0.2) is 4.98 Å². The zero-order chi connectivity index (χ0) is 18.2. The van der Waals surface area contributed by atoms with Crippen molar-refractivity contribution in [2.24, 2.45) is 5.92 Å². The first-order chi connectivity index (χ1) is 12.0. The van der Waals surface area contributed by atoms with E-state index in [9.17, 15) is 9.59 Å². The van der Waals surface area contributed by atoms with Gasteiger partial charge in [0.05, 0.1) is 5.92 Å². The summed E-state index contributed by atoms with van der Waals surface area (Å²) in [6.45, 7) is 5.66. The molecule has 0 saturated carbocycles. The van der Waals surface area contributed by atoms with Crippen LogP contribution in [0.1, 0.15) is 32.0 Å². The van der Waals surface area contributed by atoms with Crippen molar-refractivity contribution in [2.75, 3.05) is 40.3 Å². The molecule has 1 unspecified atom stereocenters. The molecular weight excluding hydrogens is 318 g/mol. The molecule has 2 amide bonds. The Morgan fingerprint density at radius 3 is 2.92 bits per heavy atom. The third kappa shape index (κ3) is 5.85. The van der Waals surface area contributed by atoms with Crippen LogP contribution in [0, 0.1) is 5.92 Å². The zero-order valence-corrected chi connectivity index (χ0v) is 15.7. The van der Waals surface area contributed by atoms with Crippen LogP contribution in [-0.2, 0) is 22.6 Å². The van der Waals surface area contributed by atoms with Crippen LogP contribution in [-0.4, -0.2) is 71.4 Å². The summed E-state index contributed by atoms with van der Waals surface area (Å²) < 4.78 is 2.13. The van der Waals surface area contributed by atoms with Gasteiger partial charge in [-0.2, -0.15) is 0 Å². The maximum Gasteiger partial charge on any atom is 0.224 e. The number of hydrogen-bond donors (Lipinski definition) is 1. The number of imidazole rings is 1. The van der Waals surface area contributed by atoms with E-state index in [1.807, 2.05) is 31.4 Å². The van der Waals surface area contributed by atoms with Gasteiger partial charge >= 0.3 is 0 Å². The SMILES string of the molecule is CCc1nccn1CCCNC(=O)C1CCC(=O)N(CCN(C)C)C1. The Hall–Kier alpha value is -1.89. The molecule has 0 bridgehead atoms.